The van der Waals surface area contributed by atoms with E-state index in [1.165, 1.54) is 0 Å². The van der Waals surface area contributed by atoms with Gasteiger partial charge in [0, 0.05) is 12.8 Å². The highest BCUT2D eigenvalue weighted by Crippen LogP contribution is 2.27. The van der Waals surface area contributed by atoms with Gasteiger partial charge in [-0.3, -0.25) is 9.59 Å². The van der Waals surface area contributed by atoms with Crippen molar-refractivity contribution in [1.82, 2.24) is 0 Å². The Kier molecular flexibility index (Phi) is 7.40. The van der Waals surface area contributed by atoms with Gasteiger partial charge in [0.2, 0.25) is 0 Å². The Balaban J connectivity index is 2.63. The van der Waals surface area contributed by atoms with E-state index in [4.69, 9.17) is 9.47 Å². The molecule has 110 valence electrons. The molecule has 1 rings (SSSR count). The SMILES string of the molecule is CCCCC(=O)Oc1ccccc1OC(=O)CCCC. The molecule has 0 heterocycles. The van der Waals surface area contributed by atoms with E-state index in [-0.39, 0.29) is 11.9 Å². The number of rotatable bonds is 8. The molecule has 0 fully saturated rings. The van der Waals surface area contributed by atoms with E-state index < -0.39 is 0 Å². The largest absolute Gasteiger partial charge is 0.423 e. The predicted octanol–water partition coefficient (Wildman–Crippen LogP) is 3.88. The zero-order valence-corrected chi connectivity index (χ0v) is 12.2. The van der Waals surface area contributed by atoms with Crippen molar-refractivity contribution in [1.29, 1.82) is 0 Å². The van der Waals surface area contributed by atoms with Crippen LogP contribution in [0, 0.1) is 0 Å². The molecule has 0 aliphatic rings. The second-order valence-corrected chi connectivity index (χ2v) is 4.60. The summed E-state index contributed by atoms with van der Waals surface area (Å²) >= 11 is 0. The highest BCUT2D eigenvalue weighted by atomic mass is 16.6. The monoisotopic (exact) mass is 278 g/mol. The third-order valence-electron chi connectivity index (χ3n) is 2.77. The van der Waals surface area contributed by atoms with Gasteiger partial charge in [0.25, 0.3) is 0 Å². The van der Waals surface area contributed by atoms with Gasteiger partial charge in [0.15, 0.2) is 11.5 Å². The lowest BCUT2D eigenvalue weighted by Crippen LogP contribution is -2.11. The Morgan fingerprint density at radius 2 is 1.25 bits per heavy atom. The number of hydrogen-bond acceptors (Lipinski definition) is 4. The molecule has 0 atom stereocenters. The van der Waals surface area contributed by atoms with E-state index in [1.54, 1.807) is 24.3 Å². The maximum atomic E-state index is 11.6. The first-order valence-electron chi connectivity index (χ1n) is 7.17. The molecule has 0 saturated carbocycles. The van der Waals surface area contributed by atoms with Gasteiger partial charge in [0.1, 0.15) is 0 Å². The lowest BCUT2D eigenvalue weighted by molar-refractivity contribution is -0.137. The number of para-hydroxylation sites is 2. The van der Waals surface area contributed by atoms with E-state index >= 15 is 0 Å². The number of carbonyl (C=O) groups is 2. The first-order valence-corrected chi connectivity index (χ1v) is 7.17. The minimum absolute atomic E-state index is 0.302. The number of ether oxygens (including phenoxy) is 2. The van der Waals surface area contributed by atoms with Crippen LogP contribution in [0.5, 0.6) is 11.5 Å². The second-order valence-electron chi connectivity index (χ2n) is 4.60. The van der Waals surface area contributed by atoms with E-state index in [1.807, 2.05) is 13.8 Å². The molecular formula is C16H22O4. The van der Waals surface area contributed by atoms with E-state index in [0.29, 0.717) is 24.3 Å². The van der Waals surface area contributed by atoms with Gasteiger partial charge in [-0.15, -0.1) is 0 Å². The molecule has 0 spiro atoms. The second kappa shape index (κ2) is 9.13. The van der Waals surface area contributed by atoms with Gasteiger partial charge in [-0.25, -0.2) is 0 Å². The predicted molar refractivity (Wildman–Crippen MR) is 76.8 cm³/mol. The zero-order chi connectivity index (χ0) is 14.8. The fraction of sp³-hybridized carbons (Fsp3) is 0.500. The van der Waals surface area contributed by atoms with Crippen molar-refractivity contribution >= 4 is 11.9 Å². The van der Waals surface area contributed by atoms with Crippen molar-refractivity contribution in [2.24, 2.45) is 0 Å². The number of esters is 2. The maximum Gasteiger partial charge on any atom is 0.311 e. The van der Waals surface area contributed by atoms with Crippen molar-refractivity contribution in [3.8, 4) is 11.5 Å². The molecular weight excluding hydrogens is 256 g/mol. The molecule has 0 radical (unpaired) electrons. The van der Waals surface area contributed by atoms with Gasteiger partial charge in [-0.05, 0) is 25.0 Å². The highest BCUT2D eigenvalue weighted by molar-refractivity contribution is 5.76. The summed E-state index contributed by atoms with van der Waals surface area (Å²) in [4.78, 5) is 23.2. The quantitative estimate of drug-likeness (QED) is 0.535. The van der Waals surface area contributed by atoms with E-state index in [0.717, 1.165) is 25.7 Å². The van der Waals surface area contributed by atoms with Crippen molar-refractivity contribution < 1.29 is 19.1 Å². The van der Waals surface area contributed by atoms with E-state index in [2.05, 4.69) is 0 Å². The first kappa shape index (κ1) is 16.2. The highest BCUT2D eigenvalue weighted by Gasteiger charge is 2.12. The summed E-state index contributed by atoms with van der Waals surface area (Å²) in [6.45, 7) is 4.02. The summed E-state index contributed by atoms with van der Waals surface area (Å²) in [5.74, 6) is 0.00437. The van der Waals surface area contributed by atoms with Gasteiger partial charge < -0.3 is 9.47 Å². The van der Waals surface area contributed by atoms with Crippen molar-refractivity contribution in [2.45, 2.75) is 52.4 Å². The first-order chi connectivity index (χ1) is 9.67. The summed E-state index contributed by atoms with van der Waals surface area (Å²) in [6, 6.07) is 6.75. The summed E-state index contributed by atoms with van der Waals surface area (Å²) in [5, 5.41) is 0. The van der Waals surface area contributed by atoms with Crippen LogP contribution in [-0.4, -0.2) is 11.9 Å². The number of carbonyl (C=O) groups excluding carboxylic acids is 2. The molecule has 4 nitrogen and oxygen atoms in total. The minimum Gasteiger partial charge on any atom is -0.423 e. The number of unbranched alkanes of at least 4 members (excludes halogenated alkanes) is 2. The average Bonchev–Trinajstić information content (AvgIpc) is 2.45. The molecule has 0 aliphatic carbocycles. The summed E-state index contributed by atoms with van der Waals surface area (Å²) in [6.07, 6.45) is 4.18. The van der Waals surface area contributed by atoms with Crippen LogP contribution in [0.3, 0.4) is 0 Å². The average molecular weight is 278 g/mol. The van der Waals surface area contributed by atoms with Gasteiger partial charge >= 0.3 is 11.9 Å². The van der Waals surface area contributed by atoms with Crippen LogP contribution >= 0.6 is 0 Å². The topological polar surface area (TPSA) is 52.6 Å². The smallest absolute Gasteiger partial charge is 0.311 e. The number of hydrogen-bond donors (Lipinski definition) is 0. The molecule has 0 unspecified atom stereocenters. The molecule has 0 saturated heterocycles. The molecule has 0 aliphatic heterocycles. The maximum absolute atomic E-state index is 11.6. The molecule has 0 amide bonds. The Bertz CT molecular complexity index is 399. The third kappa shape index (κ3) is 5.87. The summed E-state index contributed by atoms with van der Waals surface area (Å²) in [7, 11) is 0. The lowest BCUT2D eigenvalue weighted by Gasteiger charge is -2.10. The summed E-state index contributed by atoms with van der Waals surface area (Å²) in [5.41, 5.74) is 0. The van der Waals surface area contributed by atoms with Crippen LogP contribution < -0.4 is 9.47 Å². The molecule has 0 bridgehead atoms. The molecule has 20 heavy (non-hydrogen) atoms. The van der Waals surface area contributed by atoms with Crippen LogP contribution in [0.25, 0.3) is 0 Å². The van der Waals surface area contributed by atoms with Crippen molar-refractivity contribution in [2.75, 3.05) is 0 Å². The fourth-order valence-electron chi connectivity index (χ4n) is 1.61. The van der Waals surface area contributed by atoms with Crippen LogP contribution in [-0.2, 0) is 9.59 Å². The lowest BCUT2D eigenvalue weighted by atomic mass is 10.2. The van der Waals surface area contributed by atoms with Gasteiger partial charge in [0.05, 0.1) is 0 Å². The molecule has 4 heteroatoms. The normalized spacial score (nSPS) is 10.1. The van der Waals surface area contributed by atoms with Crippen molar-refractivity contribution in [3.05, 3.63) is 24.3 Å². The van der Waals surface area contributed by atoms with Crippen LogP contribution in [0.4, 0.5) is 0 Å². The third-order valence-corrected chi connectivity index (χ3v) is 2.77. The Morgan fingerprint density at radius 1 is 0.850 bits per heavy atom. The van der Waals surface area contributed by atoms with Crippen LogP contribution in [0.15, 0.2) is 24.3 Å². The minimum atomic E-state index is -0.302. The Morgan fingerprint density at radius 3 is 1.60 bits per heavy atom. The number of benzene rings is 1. The zero-order valence-electron chi connectivity index (χ0n) is 12.2. The van der Waals surface area contributed by atoms with Crippen LogP contribution in [0.1, 0.15) is 52.4 Å². The standard InChI is InChI=1S/C16H22O4/c1-3-5-11-15(17)19-13-9-7-8-10-14(13)20-16(18)12-6-4-2/h7-10H,3-6,11-12H2,1-2H3. The Labute approximate surface area is 120 Å². The molecule has 0 aromatic heterocycles. The van der Waals surface area contributed by atoms with Gasteiger partial charge in [-0.2, -0.15) is 0 Å². The van der Waals surface area contributed by atoms with E-state index in [9.17, 15) is 9.59 Å². The fourth-order valence-corrected chi connectivity index (χ4v) is 1.61. The summed E-state index contributed by atoms with van der Waals surface area (Å²) < 4.78 is 10.5. The van der Waals surface area contributed by atoms with Gasteiger partial charge in [-0.1, -0.05) is 38.8 Å². The van der Waals surface area contributed by atoms with Crippen LogP contribution in [0.2, 0.25) is 0 Å². The Hall–Kier alpha value is -1.84. The molecule has 1 aromatic rings. The molecule has 0 N–H and O–H groups in total. The van der Waals surface area contributed by atoms with Crippen molar-refractivity contribution in [3.63, 3.8) is 0 Å². The molecule has 1 aromatic carbocycles.